The van der Waals surface area contributed by atoms with Crippen molar-refractivity contribution in [1.29, 1.82) is 0 Å². The van der Waals surface area contributed by atoms with Gasteiger partial charge in [-0.2, -0.15) is 0 Å². The van der Waals surface area contributed by atoms with Crippen LogP contribution in [-0.4, -0.2) is 73.2 Å². The van der Waals surface area contributed by atoms with Crippen molar-refractivity contribution in [3.05, 3.63) is 78.1 Å². The molecule has 2 aromatic carbocycles. The highest BCUT2D eigenvalue weighted by Gasteiger charge is 2.50. The third-order valence-electron chi connectivity index (χ3n) is 7.65. The van der Waals surface area contributed by atoms with E-state index in [1.54, 1.807) is 6.20 Å². The van der Waals surface area contributed by atoms with E-state index < -0.39 is 14.4 Å². The number of nitrogens with one attached hydrogen (secondary N) is 1. The lowest BCUT2D eigenvalue weighted by Crippen LogP contribution is -2.68. The zero-order valence-electron chi connectivity index (χ0n) is 22.4. The number of anilines is 1. The van der Waals surface area contributed by atoms with Crippen molar-refractivity contribution >= 4 is 30.7 Å². The van der Waals surface area contributed by atoms with Crippen molar-refractivity contribution in [1.82, 2.24) is 20.2 Å². The van der Waals surface area contributed by atoms with Gasteiger partial charge in [-0.1, -0.05) is 81.4 Å². The Morgan fingerprint density at radius 3 is 2.34 bits per heavy atom. The molecule has 2 aliphatic heterocycles. The maximum Gasteiger partial charge on any atom is 0.407 e. The van der Waals surface area contributed by atoms with Gasteiger partial charge in [0.1, 0.15) is 0 Å². The average Bonchev–Trinajstić information content (AvgIpc) is 2.93. The highest BCUT2D eigenvalue weighted by Crippen LogP contribution is 2.37. The molecule has 0 aliphatic carbocycles. The van der Waals surface area contributed by atoms with Crippen molar-refractivity contribution < 1.29 is 14.3 Å². The molecule has 1 aromatic heterocycles. The molecule has 1 unspecified atom stereocenters. The van der Waals surface area contributed by atoms with Crippen molar-refractivity contribution in [2.45, 2.75) is 44.8 Å². The van der Waals surface area contributed by atoms with Crippen molar-refractivity contribution in [2.75, 3.05) is 37.7 Å². The van der Waals surface area contributed by atoms with Crippen LogP contribution in [-0.2, 0) is 17.4 Å². The van der Waals surface area contributed by atoms with E-state index in [-0.39, 0.29) is 11.1 Å². The molecule has 2 aliphatic rings. The van der Waals surface area contributed by atoms with Gasteiger partial charge in [-0.05, 0) is 15.4 Å². The molecular formula is C29H37N5O3Si. The van der Waals surface area contributed by atoms with Crippen LogP contribution in [0.3, 0.4) is 0 Å². The van der Waals surface area contributed by atoms with Gasteiger partial charge in [-0.25, -0.2) is 14.8 Å². The van der Waals surface area contributed by atoms with Crippen LogP contribution in [0.4, 0.5) is 10.7 Å². The van der Waals surface area contributed by atoms with Gasteiger partial charge in [-0.15, -0.1) is 0 Å². The van der Waals surface area contributed by atoms with Crippen LogP contribution in [0.5, 0.6) is 0 Å². The molecule has 1 fully saturated rings. The molecule has 2 N–H and O–H groups in total. The molecule has 1 saturated heterocycles. The molecule has 0 bridgehead atoms. The largest absolute Gasteiger partial charge is 0.465 e. The Bertz CT molecular complexity index is 1210. The van der Waals surface area contributed by atoms with Gasteiger partial charge in [0.05, 0.1) is 18.8 Å². The monoisotopic (exact) mass is 531 g/mol. The summed E-state index contributed by atoms with van der Waals surface area (Å²) in [4.78, 5) is 24.4. The summed E-state index contributed by atoms with van der Waals surface area (Å²) in [6.07, 6.45) is 1.51. The molecule has 0 spiro atoms. The fourth-order valence-electron chi connectivity index (χ4n) is 5.73. The minimum atomic E-state index is -2.61. The summed E-state index contributed by atoms with van der Waals surface area (Å²) >= 11 is 0. The third kappa shape index (κ3) is 5.18. The molecule has 3 aromatic rings. The van der Waals surface area contributed by atoms with E-state index in [1.807, 2.05) is 0 Å². The summed E-state index contributed by atoms with van der Waals surface area (Å²) in [6.45, 7) is 10.7. The number of aromatic nitrogens is 2. The third-order valence-corrected chi connectivity index (χ3v) is 12.7. The first kappa shape index (κ1) is 26.3. The van der Waals surface area contributed by atoms with Crippen LogP contribution in [0.1, 0.15) is 32.0 Å². The molecule has 5 rings (SSSR count). The fraction of sp³-hybridized carbons (Fsp3) is 0.414. The van der Waals surface area contributed by atoms with E-state index in [4.69, 9.17) is 9.41 Å². The summed E-state index contributed by atoms with van der Waals surface area (Å²) in [7, 11) is -2.61. The van der Waals surface area contributed by atoms with E-state index >= 15 is 0 Å². The van der Waals surface area contributed by atoms with Gasteiger partial charge in [0.15, 0.2) is 0 Å². The number of fused-ring (bicyclic) bond motifs is 1. The summed E-state index contributed by atoms with van der Waals surface area (Å²) in [6, 6.07) is 21.6. The number of carboxylic acid groups (broad SMARTS) is 1. The minimum Gasteiger partial charge on any atom is -0.465 e. The SMILES string of the molecule is CC(C)(C)[Si](OCC1CN(c2ncc3c(n2)CCN(C(=O)O)C3)CCN1)(c1ccccc1)c1ccccc1. The molecule has 9 heteroatoms. The Balaban J connectivity index is 1.36. The fourth-order valence-corrected chi connectivity index (χ4v) is 10.3. The molecule has 200 valence electrons. The highest BCUT2D eigenvalue weighted by atomic mass is 28.4. The maximum atomic E-state index is 11.4. The molecule has 0 radical (unpaired) electrons. The zero-order chi connectivity index (χ0) is 26.8. The predicted octanol–water partition coefficient (Wildman–Crippen LogP) is 2.87. The molecule has 3 heterocycles. The summed E-state index contributed by atoms with van der Waals surface area (Å²) in [5.41, 5.74) is 1.84. The molecule has 8 nitrogen and oxygen atoms in total. The number of amides is 1. The van der Waals surface area contributed by atoms with E-state index in [0.717, 1.165) is 30.9 Å². The Kier molecular flexibility index (Phi) is 7.51. The first-order valence-electron chi connectivity index (χ1n) is 13.3. The Hall–Kier alpha value is -3.27. The molecule has 38 heavy (non-hydrogen) atoms. The normalized spacial score (nSPS) is 18.2. The standard InChI is InChI=1S/C29H37N5O3Si/c1-29(2,3)38(24-10-6-4-7-11-24,25-12-8-5-9-13-25)37-21-23-20-33(17-15-30-23)27-31-18-22-19-34(28(35)36)16-14-26(22)32-27/h4-13,18,23,30H,14-17,19-21H2,1-3H3,(H,35,36). The predicted molar refractivity (Wildman–Crippen MR) is 152 cm³/mol. The van der Waals surface area contributed by atoms with Gasteiger partial charge in [0.25, 0.3) is 8.32 Å². The van der Waals surface area contributed by atoms with Gasteiger partial charge >= 0.3 is 6.09 Å². The Morgan fingerprint density at radius 2 is 1.74 bits per heavy atom. The van der Waals surface area contributed by atoms with Gasteiger partial charge < -0.3 is 24.6 Å². The van der Waals surface area contributed by atoms with E-state index in [2.05, 4.69) is 96.6 Å². The number of carbonyl (C=O) groups is 1. The van der Waals surface area contributed by atoms with Crippen LogP contribution in [0.25, 0.3) is 0 Å². The maximum absolute atomic E-state index is 11.4. The second-order valence-corrected chi connectivity index (χ2v) is 15.5. The molecule has 0 saturated carbocycles. The Labute approximate surface area is 225 Å². The second kappa shape index (κ2) is 10.8. The number of piperazine rings is 1. The van der Waals surface area contributed by atoms with Crippen molar-refractivity contribution in [2.24, 2.45) is 0 Å². The van der Waals surface area contributed by atoms with Gasteiger partial charge in [-0.3, -0.25) is 0 Å². The zero-order valence-corrected chi connectivity index (χ0v) is 23.4. The van der Waals surface area contributed by atoms with Crippen LogP contribution < -0.4 is 20.6 Å². The van der Waals surface area contributed by atoms with Crippen LogP contribution in [0.15, 0.2) is 66.9 Å². The lowest BCUT2D eigenvalue weighted by atomic mass is 10.1. The van der Waals surface area contributed by atoms with Crippen LogP contribution in [0, 0.1) is 0 Å². The topological polar surface area (TPSA) is 90.8 Å². The number of hydrogen-bond donors (Lipinski definition) is 2. The van der Waals surface area contributed by atoms with E-state index in [9.17, 15) is 9.90 Å². The van der Waals surface area contributed by atoms with E-state index in [0.29, 0.717) is 32.1 Å². The number of nitrogens with zero attached hydrogens (tertiary/aromatic N) is 4. The first-order valence-corrected chi connectivity index (χ1v) is 15.2. The number of benzene rings is 2. The van der Waals surface area contributed by atoms with E-state index in [1.165, 1.54) is 15.3 Å². The first-order chi connectivity index (χ1) is 18.3. The average molecular weight is 532 g/mol. The van der Waals surface area contributed by atoms with Crippen LogP contribution in [0.2, 0.25) is 5.04 Å². The second-order valence-electron chi connectivity index (χ2n) is 11.2. The van der Waals surface area contributed by atoms with Crippen LogP contribution >= 0.6 is 0 Å². The molecule has 1 atom stereocenters. The van der Waals surface area contributed by atoms with Crippen molar-refractivity contribution in [3.8, 4) is 0 Å². The number of rotatable bonds is 6. The summed E-state index contributed by atoms with van der Waals surface area (Å²) in [5, 5.41) is 15.5. The quantitative estimate of drug-likeness (QED) is 0.473. The minimum absolute atomic E-state index is 0.0739. The highest BCUT2D eigenvalue weighted by molar-refractivity contribution is 6.99. The smallest absolute Gasteiger partial charge is 0.407 e. The summed E-state index contributed by atoms with van der Waals surface area (Å²) < 4.78 is 7.16. The van der Waals surface area contributed by atoms with Gasteiger partial charge in [0.2, 0.25) is 5.95 Å². The lowest BCUT2D eigenvalue weighted by molar-refractivity contribution is 0.139. The molecule has 1 amide bonds. The summed E-state index contributed by atoms with van der Waals surface area (Å²) in [5.74, 6) is 0.712. The van der Waals surface area contributed by atoms with Crippen molar-refractivity contribution in [3.63, 3.8) is 0 Å². The van der Waals surface area contributed by atoms with Gasteiger partial charge in [0, 0.05) is 50.4 Å². The lowest BCUT2D eigenvalue weighted by Gasteiger charge is -2.44. The number of hydrogen-bond acceptors (Lipinski definition) is 6. The molecular weight excluding hydrogens is 494 g/mol. The Morgan fingerprint density at radius 1 is 1.08 bits per heavy atom.